The van der Waals surface area contributed by atoms with Crippen LogP contribution in [0.1, 0.15) is 33.6 Å². The van der Waals surface area contributed by atoms with Gasteiger partial charge < -0.3 is 14.8 Å². The number of carbonyl (C=O) groups excluding carboxylic acids is 1. The van der Waals surface area contributed by atoms with E-state index < -0.39 is 4.92 Å². The minimum absolute atomic E-state index is 0.116. The number of nitrogens with one attached hydrogen (secondary N) is 1. The van der Waals surface area contributed by atoms with Gasteiger partial charge in [-0.2, -0.15) is 0 Å². The number of ether oxygens (including phenoxy) is 2. The van der Waals surface area contributed by atoms with Gasteiger partial charge in [-0.3, -0.25) is 14.9 Å². The molecule has 1 aromatic carbocycles. The quantitative estimate of drug-likeness (QED) is 0.588. The van der Waals surface area contributed by atoms with Crippen LogP contribution in [-0.2, 0) is 4.79 Å². The van der Waals surface area contributed by atoms with E-state index in [1.807, 2.05) is 6.92 Å². The molecule has 0 saturated carbocycles. The average Bonchev–Trinajstić information content (AvgIpc) is 2.41. The highest BCUT2D eigenvalue weighted by molar-refractivity contribution is 5.93. The second kappa shape index (κ2) is 8.08. The van der Waals surface area contributed by atoms with E-state index in [1.54, 1.807) is 13.8 Å². The topological polar surface area (TPSA) is 90.7 Å². The molecule has 1 amide bonds. The molecule has 0 heterocycles. The first-order valence-corrected chi connectivity index (χ1v) is 6.91. The van der Waals surface area contributed by atoms with Crippen molar-refractivity contribution in [2.24, 2.45) is 0 Å². The monoisotopic (exact) mass is 296 g/mol. The molecule has 0 aliphatic carbocycles. The predicted molar refractivity (Wildman–Crippen MR) is 79.0 cm³/mol. The molecule has 0 atom stereocenters. The number of nitro groups is 1. The van der Waals surface area contributed by atoms with E-state index in [0.29, 0.717) is 37.6 Å². The number of carbonyl (C=O) groups is 1. The number of nitro benzene ring substituents is 1. The molecule has 0 aliphatic rings. The van der Waals surface area contributed by atoms with Crippen LogP contribution in [0, 0.1) is 10.1 Å². The van der Waals surface area contributed by atoms with Crippen LogP contribution in [0.4, 0.5) is 11.4 Å². The molecule has 116 valence electrons. The van der Waals surface area contributed by atoms with Crippen molar-refractivity contribution < 1.29 is 19.2 Å². The fourth-order valence-electron chi connectivity index (χ4n) is 1.78. The minimum Gasteiger partial charge on any atom is -0.490 e. The zero-order chi connectivity index (χ0) is 15.8. The van der Waals surface area contributed by atoms with Gasteiger partial charge in [0.15, 0.2) is 11.5 Å². The first-order valence-electron chi connectivity index (χ1n) is 6.91. The van der Waals surface area contributed by atoms with Crippen LogP contribution >= 0.6 is 0 Å². The number of hydrogen-bond acceptors (Lipinski definition) is 5. The zero-order valence-corrected chi connectivity index (χ0v) is 12.5. The molecule has 0 saturated heterocycles. The molecular formula is C14H20N2O5. The highest BCUT2D eigenvalue weighted by Gasteiger charge is 2.21. The Hall–Kier alpha value is -2.31. The van der Waals surface area contributed by atoms with E-state index in [2.05, 4.69) is 5.32 Å². The highest BCUT2D eigenvalue weighted by atomic mass is 16.6. The van der Waals surface area contributed by atoms with Crippen LogP contribution in [0.3, 0.4) is 0 Å². The molecule has 0 fully saturated rings. The summed E-state index contributed by atoms with van der Waals surface area (Å²) >= 11 is 0. The smallest absolute Gasteiger partial charge is 0.296 e. The molecule has 7 heteroatoms. The van der Waals surface area contributed by atoms with Crippen LogP contribution in [0.5, 0.6) is 11.5 Å². The lowest BCUT2D eigenvalue weighted by atomic mass is 10.2. The van der Waals surface area contributed by atoms with Gasteiger partial charge in [-0.25, -0.2) is 0 Å². The van der Waals surface area contributed by atoms with Crippen LogP contribution < -0.4 is 14.8 Å². The zero-order valence-electron chi connectivity index (χ0n) is 12.5. The van der Waals surface area contributed by atoms with Gasteiger partial charge >= 0.3 is 0 Å². The summed E-state index contributed by atoms with van der Waals surface area (Å²) in [6.45, 7) is 6.18. The number of benzene rings is 1. The fraction of sp³-hybridized carbons (Fsp3) is 0.500. The Kier molecular flexibility index (Phi) is 6.45. The summed E-state index contributed by atoms with van der Waals surface area (Å²) in [6.07, 6.45) is 0.962. The summed E-state index contributed by atoms with van der Waals surface area (Å²) in [7, 11) is 0. The summed E-state index contributed by atoms with van der Waals surface area (Å²) < 4.78 is 10.8. The lowest BCUT2D eigenvalue weighted by Crippen LogP contribution is -2.12. The van der Waals surface area contributed by atoms with E-state index in [0.717, 1.165) is 0 Å². The standard InChI is InChI=1S/C14H20N2O5/c1-4-7-14(17)15-10-8-12(20-5-2)13(21-6-3)9-11(10)16(18)19/h8-9H,4-7H2,1-3H3,(H,15,17). The first kappa shape index (κ1) is 16.7. The molecule has 0 bridgehead atoms. The van der Waals surface area contributed by atoms with Gasteiger partial charge in [-0.1, -0.05) is 6.92 Å². The highest BCUT2D eigenvalue weighted by Crippen LogP contribution is 2.38. The third-order valence-corrected chi connectivity index (χ3v) is 2.61. The van der Waals surface area contributed by atoms with Gasteiger partial charge in [0.25, 0.3) is 5.69 Å². The Morgan fingerprint density at radius 2 is 1.76 bits per heavy atom. The summed E-state index contributed by atoms with van der Waals surface area (Å²) in [5.74, 6) is 0.392. The Balaban J connectivity index is 3.22. The summed E-state index contributed by atoms with van der Waals surface area (Å²) in [5, 5.41) is 13.7. The van der Waals surface area contributed by atoms with Gasteiger partial charge in [0.1, 0.15) is 5.69 Å². The van der Waals surface area contributed by atoms with Crippen molar-refractivity contribution in [2.45, 2.75) is 33.6 Å². The van der Waals surface area contributed by atoms with Crippen LogP contribution in [0.15, 0.2) is 12.1 Å². The maximum Gasteiger partial charge on any atom is 0.296 e. The Morgan fingerprint density at radius 3 is 2.24 bits per heavy atom. The van der Waals surface area contributed by atoms with Gasteiger partial charge in [-0.05, 0) is 20.3 Å². The summed E-state index contributed by atoms with van der Waals surface area (Å²) in [6, 6.07) is 2.70. The van der Waals surface area contributed by atoms with E-state index in [9.17, 15) is 14.9 Å². The number of rotatable bonds is 8. The third-order valence-electron chi connectivity index (χ3n) is 2.61. The SMILES string of the molecule is CCCC(=O)Nc1cc(OCC)c(OCC)cc1[N+](=O)[O-]. The van der Waals surface area contributed by atoms with Gasteiger partial charge in [0, 0.05) is 12.5 Å². The van der Waals surface area contributed by atoms with Crippen LogP contribution in [0.25, 0.3) is 0 Å². The summed E-state index contributed by atoms with van der Waals surface area (Å²) in [4.78, 5) is 22.3. The Bertz CT molecular complexity index is 516. The number of amides is 1. The molecule has 0 radical (unpaired) electrons. The minimum atomic E-state index is -0.556. The van der Waals surface area contributed by atoms with E-state index >= 15 is 0 Å². The van der Waals surface area contributed by atoms with Gasteiger partial charge in [-0.15, -0.1) is 0 Å². The molecule has 1 aromatic rings. The lowest BCUT2D eigenvalue weighted by Gasteiger charge is -2.13. The van der Waals surface area contributed by atoms with Crippen molar-refractivity contribution in [1.29, 1.82) is 0 Å². The third kappa shape index (κ3) is 4.62. The molecule has 1 N–H and O–H groups in total. The van der Waals surface area contributed by atoms with Crippen LogP contribution in [-0.4, -0.2) is 24.0 Å². The predicted octanol–water partition coefficient (Wildman–Crippen LogP) is 3.13. The Labute approximate surface area is 123 Å². The first-order chi connectivity index (χ1) is 10.0. The maximum absolute atomic E-state index is 11.7. The average molecular weight is 296 g/mol. The number of nitrogens with zero attached hydrogens (tertiary/aromatic N) is 1. The van der Waals surface area contributed by atoms with E-state index in [-0.39, 0.29) is 17.3 Å². The fourth-order valence-corrected chi connectivity index (χ4v) is 1.78. The normalized spacial score (nSPS) is 10.0. The van der Waals surface area contributed by atoms with E-state index in [1.165, 1.54) is 12.1 Å². The molecule has 0 aromatic heterocycles. The molecule has 21 heavy (non-hydrogen) atoms. The molecular weight excluding hydrogens is 276 g/mol. The summed E-state index contributed by atoms with van der Waals surface area (Å²) in [5.41, 5.74) is -0.100. The van der Waals surface area contributed by atoms with Crippen molar-refractivity contribution in [3.05, 3.63) is 22.2 Å². The molecule has 0 spiro atoms. The molecule has 1 rings (SSSR count). The van der Waals surface area contributed by atoms with Gasteiger partial charge in [0.2, 0.25) is 5.91 Å². The lowest BCUT2D eigenvalue weighted by molar-refractivity contribution is -0.384. The van der Waals surface area contributed by atoms with Crippen molar-refractivity contribution in [3.63, 3.8) is 0 Å². The van der Waals surface area contributed by atoms with Gasteiger partial charge in [0.05, 0.1) is 24.2 Å². The van der Waals surface area contributed by atoms with Crippen molar-refractivity contribution >= 4 is 17.3 Å². The van der Waals surface area contributed by atoms with Crippen LogP contribution in [0.2, 0.25) is 0 Å². The number of anilines is 1. The van der Waals surface area contributed by atoms with Crippen molar-refractivity contribution in [2.75, 3.05) is 18.5 Å². The molecule has 7 nitrogen and oxygen atoms in total. The molecule has 0 aliphatic heterocycles. The van der Waals surface area contributed by atoms with E-state index in [4.69, 9.17) is 9.47 Å². The molecule has 0 unspecified atom stereocenters. The largest absolute Gasteiger partial charge is 0.490 e. The second-order valence-electron chi connectivity index (χ2n) is 4.24. The second-order valence-corrected chi connectivity index (χ2v) is 4.24. The maximum atomic E-state index is 11.7. The Morgan fingerprint density at radius 1 is 1.19 bits per heavy atom. The van der Waals surface area contributed by atoms with Crippen molar-refractivity contribution in [3.8, 4) is 11.5 Å². The van der Waals surface area contributed by atoms with Crippen molar-refractivity contribution in [1.82, 2.24) is 0 Å². The number of hydrogen-bond donors (Lipinski definition) is 1.